The zero-order chi connectivity index (χ0) is 12.6. The second-order valence-corrected chi connectivity index (χ2v) is 5.18. The van der Waals surface area contributed by atoms with E-state index in [1.54, 1.807) is 0 Å². The van der Waals surface area contributed by atoms with Crippen LogP contribution in [0.25, 0.3) is 11.1 Å². The first-order valence-corrected chi connectivity index (χ1v) is 6.28. The first-order valence-electron chi connectivity index (χ1n) is 5.53. The van der Waals surface area contributed by atoms with Gasteiger partial charge in [0.1, 0.15) is 0 Å². The van der Waals surface area contributed by atoms with Gasteiger partial charge in [0.05, 0.1) is 0 Å². The lowest BCUT2D eigenvalue weighted by Crippen LogP contribution is -1.91. The molecule has 0 bridgehead atoms. The summed E-state index contributed by atoms with van der Waals surface area (Å²) in [5.41, 5.74) is 5.55. The number of benzene rings is 2. The predicted octanol–water partition coefficient (Wildman–Crippen LogP) is 5.59. The van der Waals surface area contributed by atoms with Crippen LogP contribution >= 0.6 is 23.2 Å². The molecule has 0 nitrogen and oxygen atoms in total. The Morgan fingerprint density at radius 3 is 2.00 bits per heavy atom. The Morgan fingerprint density at radius 1 is 0.765 bits per heavy atom. The van der Waals surface area contributed by atoms with Gasteiger partial charge in [-0.05, 0) is 49.6 Å². The fourth-order valence-electron chi connectivity index (χ4n) is 2.18. The standard InChI is InChI=1S/C15H14Cl2/c1-9-7-11(3)15(13(17)8-9)14-10(2)5-4-6-12(14)16/h4-8H,1-3H3. The minimum atomic E-state index is 0.749. The molecule has 0 N–H and O–H groups in total. The van der Waals surface area contributed by atoms with Crippen LogP contribution in [-0.2, 0) is 0 Å². The summed E-state index contributed by atoms with van der Waals surface area (Å²) < 4.78 is 0. The molecule has 2 rings (SSSR count). The largest absolute Gasteiger partial charge is 0.0837 e. The van der Waals surface area contributed by atoms with E-state index in [4.69, 9.17) is 23.2 Å². The molecule has 0 amide bonds. The van der Waals surface area contributed by atoms with Gasteiger partial charge in [0.2, 0.25) is 0 Å². The normalized spacial score (nSPS) is 10.6. The van der Waals surface area contributed by atoms with E-state index >= 15 is 0 Å². The third-order valence-electron chi connectivity index (χ3n) is 2.90. The zero-order valence-corrected chi connectivity index (χ0v) is 11.7. The number of hydrogen-bond acceptors (Lipinski definition) is 0. The molecule has 0 fully saturated rings. The number of aryl methyl sites for hydroxylation is 3. The smallest absolute Gasteiger partial charge is 0.0490 e. The fourth-order valence-corrected chi connectivity index (χ4v) is 2.91. The molecule has 0 saturated heterocycles. The molecule has 2 aromatic rings. The lowest BCUT2D eigenvalue weighted by molar-refractivity contribution is 1.36. The lowest BCUT2D eigenvalue weighted by atomic mass is 9.95. The molecule has 17 heavy (non-hydrogen) atoms. The molecule has 0 aromatic heterocycles. The Balaban J connectivity index is 2.77. The topological polar surface area (TPSA) is 0 Å². The molecular formula is C15H14Cl2. The van der Waals surface area contributed by atoms with Crippen LogP contribution in [0.2, 0.25) is 10.0 Å². The molecule has 0 aliphatic heterocycles. The summed E-state index contributed by atoms with van der Waals surface area (Å²) in [6.45, 7) is 6.16. The summed E-state index contributed by atoms with van der Waals surface area (Å²) in [5, 5.41) is 1.51. The first-order chi connectivity index (χ1) is 8.00. The van der Waals surface area contributed by atoms with E-state index < -0.39 is 0 Å². The van der Waals surface area contributed by atoms with E-state index in [1.165, 1.54) is 5.56 Å². The van der Waals surface area contributed by atoms with Gasteiger partial charge in [0.25, 0.3) is 0 Å². The van der Waals surface area contributed by atoms with E-state index in [9.17, 15) is 0 Å². The number of rotatable bonds is 1. The molecule has 0 aliphatic carbocycles. The van der Waals surface area contributed by atoms with Crippen molar-refractivity contribution in [1.29, 1.82) is 0 Å². The maximum atomic E-state index is 6.35. The molecule has 0 heterocycles. The Morgan fingerprint density at radius 2 is 1.41 bits per heavy atom. The van der Waals surface area contributed by atoms with Gasteiger partial charge >= 0.3 is 0 Å². The van der Waals surface area contributed by atoms with Crippen molar-refractivity contribution in [2.45, 2.75) is 20.8 Å². The molecule has 0 radical (unpaired) electrons. The van der Waals surface area contributed by atoms with E-state index in [-0.39, 0.29) is 0 Å². The molecule has 0 saturated carbocycles. The summed E-state index contributed by atoms with van der Waals surface area (Å²) in [7, 11) is 0. The summed E-state index contributed by atoms with van der Waals surface area (Å²) in [4.78, 5) is 0. The monoisotopic (exact) mass is 264 g/mol. The number of hydrogen-bond donors (Lipinski definition) is 0. The minimum Gasteiger partial charge on any atom is -0.0837 e. The van der Waals surface area contributed by atoms with Crippen molar-refractivity contribution in [3.8, 4) is 11.1 Å². The van der Waals surface area contributed by atoms with Crippen LogP contribution in [0.4, 0.5) is 0 Å². The van der Waals surface area contributed by atoms with Crippen molar-refractivity contribution < 1.29 is 0 Å². The second kappa shape index (κ2) is 4.72. The molecule has 0 unspecified atom stereocenters. The maximum Gasteiger partial charge on any atom is 0.0490 e. The van der Waals surface area contributed by atoms with Crippen LogP contribution < -0.4 is 0 Å². The van der Waals surface area contributed by atoms with E-state index in [2.05, 4.69) is 26.0 Å². The van der Waals surface area contributed by atoms with E-state index in [0.29, 0.717) is 0 Å². The molecule has 0 aliphatic rings. The molecular weight excluding hydrogens is 251 g/mol. The van der Waals surface area contributed by atoms with Gasteiger partial charge in [-0.1, -0.05) is 41.4 Å². The molecule has 2 aromatic carbocycles. The highest BCUT2D eigenvalue weighted by Gasteiger charge is 2.13. The van der Waals surface area contributed by atoms with Crippen molar-refractivity contribution in [3.63, 3.8) is 0 Å². The number of halogens is 2. The van der Waals surface area contributed by atoms with Crippen molar-refractivity contribution in [3.05, 3.63) is 57.1 Å². The van der Waals surface area contributed by atoms with E-state index in [1.807, 2.05) is 25.1 Å². The quantitative estimate of drug-likeness (QED) is 0.630. The zero-order valence-electron chi connectivity index (χ0n) is 10.1. The van der Waals surface area contributed by atoms with Gasteiger partial charge in [0.15, 0.2) is 0 Å². The summed E-state index contributed by atoms with van der Waals surface area (Å²) in [6, 6.07) is 10.0. The van der Waals surface area contributed by atoms with Gasteiger partial charge in [0, 0.05) is 21.2 Å². The van der Waals surface area contributed by atoms with E-state index in [0.717, 1.165) is 32.3 Å². The SMILES string of the molecule is Cc1cc(C)c(-c2c(C)cccc2Cl)c(Cl)c1. The average molecular weight is 265 g/mol. The van der Waals surface area contributed by atoms with Crippen molar-refractivity contribution in [2.24, 2.45) is 0 Å². The van der Waals surface area contributed by atoms with Gasteiger partial charge in [-0.25, -0.2) is 0 Å². The lowest BCUT2D eigenvalue weighted by Gasteiger charge is -2.14. The highest BCUT2D eigenvalue weighted by molar-refractivity contribution is 6.36. The van der Waals surface area contributed by atoms with Gasteiger partial charge < -0.3 is 0 Å². The van der Waals surface area contributed by atoms with Crippen molar-refractivity contribution in [2.75, 3.05) is 0 Å². The fraction of sp³-hybridized carbons (Fsp3) is 0.200. The maximum absolute atomic E-state index is 6.35. The van der Waals surface area contributed by atoms with Crippen LogP contribution in [0.15, 0.2) is 30.3 Å². The Hall–Kier alpha value is -0.980. The highest BCUT2D eigenvalue weighted by atomic mass is 35.5. The summed E-state index contributed by atoms with van der Waals surface area (Å²) in [6.07, 6.45) is 0. The van der Waals surface area contributed by atoms with Crippen LogP contribution in [0, 0.1) is 20.8 Å². The average Bonchev–Trinajstić information content (AvgIpc) is 2.21. The Labute approximate surface area is 112 Å². The Kier molecular flexibility index (Phi) is 3.46. The van der Waals surface area contributed by atoms with Gasteiger partial charge in [-0.15, -0.1) is 0 Å². The molecule has 0 spiro atoms. The van der Waals surface area contributed by atoms with Crippen LogP contribution in [0.1, 0.15) is 16.7 Å². The second-order valence-electron chi connectivity index (χ2n) is 4.37. The Bertz CT molecular complexity index is 528. The van der Waals surface area contributed by atoms with Crippen molar-refractivity contribution >= 4 is 23.2 Å². The highest BCUT2D eigenvalue weighted by Crippen LogP contribution is 2.38. The summed E-state index contributed by atoms with van der Waals surface area (Å²) in [5.74, 6) is 0. The third-order valence-corrected chi connectivity index (χ3v) is 3.52. The first kappa shape index (κ1) is 12.5. The van der Waals surface area contributed by atoms with Crippen LogP contribution in [0.3, 0.4) is 0 Å². The van der Waals surface area contributed by atoms with Crippen LogP contribution in [-0.4, -0.2) is 0 Å². The van der Waals surface area contributed by atoms with Gasteiger partial charge in [-0.3, -0.25) is 0 Å². The predicted molar refractivity (Wildman–Crippen MR) is 76.1 cm³/mol. The molecule has 2 heteroatoms. The minimum absolute atomic E-state index is 0.749. The summed E-state index contributed by atoms with van der Waals surface area (Å²) >= 11 is 12.6. The molecule has 0 atom stereocenters. The van der Waals surface area contributed by atoms with Crippen LogP contribution in [0.5, 0.6) is 0 Å². The van der Waals surface area contributed by atoms with Crippen molar-refractivity contribution in [1.82, 2.24) is 0 Å². The van der Waals surface area contributed by atoms with Gasteiger partial charge in [-0.2, -0.15) is 0 Å². The third kappa shape index (κ3) is 2.34. The molecule has 88 valence electrons.